The number of ether oxygens (including phenoxy) is 5. The average Bonchev–Trinajstić information content (AvgIpc) is 3.71. The molecule has 56 heavy (non-hydrogen) atoms. The van der Waals surface area contributed by atoms with Gasteiger partial charge in [0, 0.05) is 0 Å². The molecule has 14 heteroatoms. The molecule has 4 saturated carbocycles. The first-order valence-corrected chi connectivity index (χ1v) is 21.3. The van der Waals surface area contributed by atoms with Gasteiger partial charge in [-0.2, -0.15) is 0 Å². The van der Waals surface area contributed by atoms with Crippen LogP contribution < -0.4 is 0 Å². The molecular weight excluding hydrogens is 728 g/mol. The van der Waals surface area contributed by atoms with Crippen molar-refractivity contribution in [1.29, 1.82) is 0 Å². The predicted molar refractivity (Wildman–Crippen MR) is 200 cm³/mol. The van der Waals surface area contributed by atoms with Crippen LogP contribution in [-0.2, 0) is 23.7 Å². The van der Waals surface area contributed by atoms with E-state index in [1.54, 1.807) is 13.8 Å². The van der Waals surface area contributed by atoms with Crippen molar-refractivity contribution in [1.82, 2.24) is 0 Å². The summed E-state index contributed by atoms with van der Waals surface area (Å²) in [4.78, 5) is 0. The van der Waals surface area contributed by atoms with Crippen molar-refractivity contribution in [3.05, 3.63) is 0 Å². The Labute approximate surface area is 331 Å². The first-order valence-electron chi connectivity index (χ1n) is 21.3. The summed E-state index contributed by atoms with van der Waals surface area (Å²) in [5.74, 6) is -0.126. The number of hydrogen-bond donors (Lipinski definition) is 9. The van der Waals surface area contributed by atoms with Gasteiger partial charge >= 0.3 is 0 Å². The standard InChI is InChI=1S/C42H72O14/c1-18-16-41(8)21-14-23(44)27-20(42(9)13-11-26(56-42)39(5,6)51)10-12-40(27,7)22(21)15-24(34(41)38(3,4)35(18)50)53-37-33(31(48)29(46)25(17-43)54-37)55-36-32(49)30(47)28(45)19(2)52-36/h18-37,43-51H,10-17H2,1-9H3/t18?,19-,20-,21?,22?,23+,24-,25+,26+,27?,28-,29+,30+,31-,32+,33+,34?,35-,36-,37+,40+,41+,42-/m0/s1. The topological polar surface area (TPSA) is 228 Å². The van der Waals surface area contributed by atoms with E-state index in [1.807, 2.05) is 0 Å². The molecule has 0 amide bonds. The van der Waals surface area contributed by atoms with Gasteiger partial charge in [0.1, 0.15) is 42.7 Å². The second-order valence-corrected chi connectivity index (χ2v) is 21.1. The van der Waals surface area contributed by atoms with Gasteiger partial charge in [0.05, 0.1) is 48.3 Å². The molecule has 14 nitrogen and oxygen atoms in total. The van der Waals surface area contributed by atoms with E-state index in [0.717, 1.165) is 25.7 Å². The number of aliphatic hydroxyl groups is 9. The lowest BCUT2D eigenvalue weighted by atomic mass is 9.38. The largest absolute Gasteiger partial charge is 0.394 e. The molecule has 23 atom stereocenters. The predicted octanol–water partition coefficient (Wildman–Crippen LogP) is 1.21. The Bertz CT molecular complexity index is 1410. The Morgan fingerprint density at radius 3 is 2.00 bits per heavy atom. The smallest absolute Gasteiger partial charge is 0.187 e. The SMILES string of the molecule is CC1C[C@]2(C)C3C[C@@H](O)C4[C@@H]([C@]5(C)CC[C@H](C(C)(C)O)O5)CC[C@]4(C)C3C[C@H](O[C@@H]3O[C@H](CO)[C@@H](O)[C@H](O)[C@H]3O[C@@H]3O[C@@H](C)[C@H](O)[C@@H](O)[C@H]3O)C2C(C)(C)[C@H]1O. The minimum absolute atomic E-state index is 0.0410. The van der Waals surface area contributed by atoms with Crippen molar-refractivity contribution in [3.8, 4) is 0 Å². The molecule has 7 aliphatic rings. The summed E-state index contributed by atoms with van der Waals surface area (Å²) in [6, 6.07) is 0. The number of rotatable bonds is 7. The highest BCUT2D eigenvalue weighted by atomic mass is 16.8. The fraction of sp³-hybridized carbons (Fsp3) is 1.00. The van der Waals surface area contributed by atoms with E-state index in [2.05, 4.69) is 41.5 Å². The van der Waals surface area contributed by atoms with E-state index in [9.17, 15) is 46.0 Å². The normalized spacial score (nSPS) is 57.3. The molecule has 0 aromatic carbocycles. The van der Waals surface area contributed by atoms with Crippen LogP contribution in [0.3, 0.4) is 0 Å². The molecule has 5 unspecified atom stereocenters. The van der Waals surface area contributed by atoms with Crippen LogP contribution in [0.15, 0.2) is 0 Å². The van der Waals surface area contributed by atoms with Gasteiger partial charge < -0.3 is 69.6 Å². The minimum atomic E-state index is -1.69. The number of hydrogen-bond acceptors (Lipinski definition) is 14. The molecule has 0 radical (unpaired) electrons. The van der Waals surface area contributed by atoms with E-state index in [1.165, 1.54) is 6.92 Å². The zero-order valence-corrected chi connectivity index (χ0v) is 34.8. The van der Waals surface area contributed by atoms with Crippen LogP contribution >= 0.6 is 0 Å². The second-order valence-electron chi connectivity index (χ2n) is 21.1. The zero-order valence-electron chi connectivity index (χ0n) is 34.8. The molecule has 0 spiro atoms. The first kappa shape index (κ1) is 43.5. The molecule has 0 aromatic heterocycles. The molecule has 324 valence electrons. The van der Waals surface area contributed by atoms with Crippen molar-refractivity contribution >= 4 is 0 Å². The summed E-state index contributed by atoms with van der Waals surface area (Å²) in [5, 5.41) is 99.6. The van der Waals surface area contributed by atoms with Crippen molar-refractivity contribution in [2.45, 2.75) is 204 Å². The van der Waals surface area contributed by atoms with Gasteiger partial charge in [-0.3, -0.25) is 0 Å². The zero-order chi connectivity index (χ0) is 41.2. The van der Waals surface area contributed by atoms with Crippen LogP contribution in [0.25, 0.3) is 0 Å². The highest BCUT2D eigenvalue weighted by Gasteiger charge is 2.71. The van der Waals surface area contributed by atoms with Gasteiger partial charge in [0.25, 0.3) is 0 Å². The summed E-state index contributed by atoms with van der Waals surface area (Å²) >= 11 is 0. The maximum absolute atomic E-state index is 12.3. The first-order chi connectivity index (χ1) is 25.9. The number of fused-ring (bicyclic) bond motifs is 5. The van der Waals surface area contributed by atoms with Gasteiger partial charge in [-0.05, 0) is 124 Å². The third kappa shape index (κ3) is 6.76. The van der Waals surface area contributed by atoms with E-state index < -0.39 is 108 Å². The molecule has 0 bridgehead atoms. The van der Waals surface area contributed by atoms with Crippen molar-refractivity contribution in [2.75, 3.05) is 6.61 Å². The third-order valence-corrected chi connectivity index (χ3v) is 16.8. The van der Waals surface area contributed by atoms with Crippen LogP contribution in [0.1, 0.15) is 107 Å². The molecule has 3 aliphatic heterocycles. The quantitative estimate of drug-likeness (QED) is 0.165. The van der Waals surface area contributed by atoms with E-state index in [-0.39, 0.29) is 47.0 Å². The van der Waals surface area contributed by atoms with Gasteiger partial charge in [0.2, 0.25) is 0 Å². The lowest BCUT2D eigenvalue weighted by molar-refractivity contribution is -0.379. The fourth-order valence-electron chi connectivity index (χ4n) is 14.2. The lowest BCUT2D eigenvalue weighted by Crippen LogP contribution is -2.69. The Morgan fingerprint density at radius 1 is 0.714 bits per heavy atom. The second kappa shape index (κ2) is 14.8. The van der Waals surface area contributed by atoms with Crippen LogP contribution in [0.2, 0.25) is 0 Å². The van der Waals surface area contributed by atoms with Crippen LogP contribution in [0.5, 0.6) is 0 Å². The van der Waals surface area contributed by atoms with Gasteiger partial charge in [-0.15, -0.1) is 0 Å². The molecule has 0 aromatic rings. The van der Waals surface area contributed by atoms with Gasteiger partial charge in [0.15, 0.2) is 12.6 Å². The molecule has 7 fully saturated rings. The monoisotopic (exact) mass is 800 g/mol. The Morgan fingerprint density at radius 2 is 1.38 bits per heavy atom. The fourth-order valence-corrected chi connectivity index (χ4v) is 14.2. The van der Waals surface area contributed by atoms with Gasteiger partial charge in [-0.1, -0.05) is 34.6 Å². The van der Waals surface area contributed by atoms with Crippen LogP contribution in [-0.4, -0.2) is 150 Å². The highest BCUT2D eigenvalue weighted by molar-refractivity contribution is 5.19. The van der Waals surface area contributed by atoms with Crippen molar-refractivity contribution in [2.24, 2.45) is 51.8 Å². The van der Waals surface area contributed by atoms with Gasteiger partial charge in [-0.25, -0.2) is 0 Å². The Balaban J connectivity index is 1.24. The molecular formula is C42H72O14. The minimum Gasteiger partial charge on any atom is -0.394 e. The maximum Gasteiger partial charge on any atom is 0.187 e. The summed E-state index contributed by atoms with van der Waals surface area (Å²) in [6.45, 7) is 17.4. The summed E-state index contributed by atoms with van der Waals surface area (Å²) in [5.41, 5.74) is -2.89. The molecule has 9 N–H and O–H groups in total. The average molecular weight is 801 g/mol. The molecule has 7 rings (SSSR count). The van der Waals surface area contributed by atoms with E-state index >= 15 is 0 Å². The summed E-state index contributed by atoms with van der Waals surface area (Å²) < 4.78 is 31.9. The Kier molecular flexibility index (Phi) is 11.5. The summed E-state index contributed by atoms with van der Waals surface area (Å²) in [6.07, 6.45) is -11.4. The summed E-state index contributed by atoms with van der Waals surface area (Å²) in [7, 11) is 0. The molecule has 3 heterocycles. The van der Waals surface area contributed by atoms with Crippen LogP contribution in [0.4, 0.5) is 0 Å². The maximum atomic E-state index is 12.3. The molecule has 4 aliphatic carbocycles. The van der Waals surface area contributed by atoms with Crippen LogP contribution in [0, 0.1) is 51.8 Å². The highest BCUT2D eigenvalue weighted by Crippen LogP contribution is 2.72. The van der Waals surface area contributed by atoms with E-state index in [4.69, 9.17) is 23.7 Å². The molecule has 3 saturated heterocycles. The Hall–Kier alpha value is -0.560. The van der Waals surface area contributed by atoms with Crippen molar-refractivity contribution < 1.29 is 69.6 Å². The van der Waals surface area contributed by atoms with E-state index in [0.29, 0.717) is 19.3 Å². The third-order valence-electron chi connectivity index (χ3n) is 16.8. The lowest BCUT2D eigenvalue weighted by Gasteiger charge is -2.69. The number of aliphatic hydroxyl groups excluding tert-OH is 8. The van der Waals surface area contributed by atoms with Crippen molar-refractivity contribution in [3.63, 3.8) is 0 Å².